The topological polar surface area (TPSA) is 79.3 Å². The van der Waals surface area contributed by atoms with Gasteiger partial charge in [0.1, 0.15) is 23.1 Å². The Morgan fingerprint density at radius 1 is 1.15 bits per heavy atom. The lowest BCUT2D eigenvalue weighted by Gasteiger charge is -2.26. The van der Waals surface area contributed by atoms with E-state index in [1.165, 1.54) is 21.6 Å². The Labute approximate surface area is 199 Å². The molecule has 0 N–H and O–H groups in total. The number of nitrogens with zero attached hydrogens (tertiary/aromatic N) is 4. The summed E-state index contributed by atoms with van der Waals surface area (Å²) in [4.78, 5) is 32.2. The second-order valence-electron chi connectivity index (χ2n) is 7.85. The molecule has 0 fully saturated rings. The number of fused-ring (bicyclic) bond motifs is 1. The quantitative estimate of drug-likeness (QED) is 0.485. The molecule has 2 aliphatic rings. The fourth-order valence-electron chi connectivity index (χ4n) is 3.95. The molecule has 2 heterocycles. The zero-order valence-electron chi connectivity index (χ0n) is 18.1. The average molecular weight is 478 g/mol. The summed E-state index contributed by atoms with van der Waals surface area (Å²) in [6, 6.07) is 11.0. The van der Waals surface area contributed by atoms with Gasteiger partial charge in [-0.2, -0.15) is 14.4 Å². The number of aromatic nitrogens is 2. The van der Waals surface area contributed by atoms with E-state index in [-0.39, 0.29) is 29.2 Å². The Kier molecular flexibility index (Phi) is 5.67. The van der Waals surface area contributed by atoms with E-state index in [1.54, 1.807) is 42.5 Å². The Morgan fingerprint density at radius 2 is 1.94 bits per heavy atom. The molecule has 3 aromatic rings. The lowest BCUT2D eigenvalue weighted by molar-refractivity contribution is -0.449. The maximum Gasteiger partial charge on any atom is 0.506 e. The van der Waals surface area contributed by atoms with Gasteiger partial charge in [-0.25, -0.2) is 9.18 Å². The molecule has 1 aromatic heterocycles. The van der Waals surface area contributed by atoms with Crippen molar-refractivity contribution in [1.29, 1.82) is 0 Å². The average Bonchev–Trinajstić information content (AvgIpc) is 3.33. The van der Waals surface area contributed by atoms with E-state index in [0.29, 0.717) is 17.0 Å². The Balaban J connectivity index is 1.50. The summed E-state index contributed by atoms with van der Waals surface area (Å²) < 4.78 is 20.6. The molecule has 34 heavy (non-hydrogen) atoms. The van der Waals surface area contributed by atoms with Crippen LogP contribution in [0.4, 0.5) is 14.9 Å². The van der Waals surface area contributed by atoms with E-state index >= 15 is 0 Å². The molecule has 1 unspecified atom stereocenters. The third-order valence-electron chi connectivity index (χ3n) is 5.76. The molecular formula is C25H19ClFN4O3+. The smallest absolute Gasteiger partial charge is 0.335 e. The van der Waals surface area contributed by atoms with Crippen LogP contribution in [0.1, 0.15) is 18.4 Å². The summed E-state index contributed by atoms with van der Waals surface area (Å²) in [5.41, 5.74) is 2.50. The van der Waals surface area contributed by atoms with Crippen molar-refractivity contribution >= 4 is 34.9 Å². The third kappa shape index (κ3) is 3.86. The first-order valence-corrected chi connectivity index (χ1v) is 11.1. The molecule has 3 amide bonds. The van der Waals surface area contributed by atoms with Gasteiger partial charge in [0.25, 0.3) is 5.89 Å². The fourth-order valence-corrected chi connectivity index (χ4v) is 4.06. The minimum absolute atomic E-state index is 0.0114. The number of carbonyl (C=O) groups is 2. The van der Waals surface area contributed by atoms with Gasteiger partial charge < -0.3 is 4.52 Å². The number of urea groups is 1. The lowest BCUT2D eigenvalue weighted by atomic mass is 9.94. The Morgan fingerprint density at radius 3 is 2.68 bits per heavy atom. The highest BCUT2D eigenvalue weighted by Crippen LogP contribution is 2.27. The maximum atomic E-state index is 13.8. The molecule has 0 spiro atoms. The standard InChI is InChI=1S/C25H19ClFN4O3/c1-2-15-7-10-17(11-8-15)31-24(32)18-5-3-4-6-21(18)30(25(31)33)14-22-28-23(29-34-22)16-9-12-19(26)20(27)13-16/h3-13,18H,2,14H2,1H3/q+1. The maximum absolute atomic E-state index is 13.8. The van der Waals surface area contributed by atoms with Gasteiger partial charge in [0.15, 0.2) is 6.54 Å². The van der Waals surface area contributed by atoms with E-state index in [4.69, 9.17) is 16.1 Å². The number of aryl methyl sites for hydroxylation is 1. The molecule has 1 atom stereocenters. The largest absolute Gasteiger partial charge is 0.506 e. The normalized spacial score (nSPS) is 17.5. The second kappa shape index (κ2) is 8.79. The van der Waals surface area contributed by atoms with Gasteiger partial charge in [0.2, 0.25) is 5.82 Å². The minimum atomic E-state index is -0.624. The molecule has 1 aliphatic heterocycles. The molecule has 2 aromatic carbocycles. The van der Waals surface area contributed by atoms with Crippen LogP contribution in [0.5, 0.6) is 0 Å². The van der Waals surface area contributed by atoms with Crippen molar-refractivity contribution in [3.63, 3.8) is 0 Å². The van der Waals surface area contributed by atoms with Gasteiger partial charge in [-0.3, -0.25) is 0 Å². The first-order chi connectivity index (χ1) is 16.5. The van der Waals surface area contributed by atoms with Gasteiger partial charge in [-0.05, 0) is 48.4 Å². The molecule has 9 heteroatoms. The summed E-state index contributed by atoms with van der Waals surface area (Å²) >= 11 is 5.75. The molecule has 0 bridgehead atoms. The van der Waals surface area contributed by atoms with Crippen LogP contribution in [0.25, 0.3) is 11.4 Å². The van der Waals surface area contributed by atoms with Crippen molar-refractivity contribution in [2.75, 3.05) is 4.90 Å². The monoisotopic (exact) mass is 477 g/mol. The molecule has 1 aliphatic carbocycles. The third-order valence-corrected chi connectivity index (χ3v) is 6.07. The number of imide groups is 1. The van der Waals surface area contributed by atoms with Crippen LogP contribution in [0.3, 0.4) is 0 Å². The van der Waals surface area contributed by atoms with Gasteiger partial charge in [0, 0.05) is 5.56 Å². The molecule has 5 rings (SSSR count). The molecule has 0 saturated heterocycles. The van der Waals surface area contributed by atoms with Crippen molar-refractivity contribution in [2.24, 2.45) is 5.92 Å². The van der Waals surface area contributed by atoms with Crippen molar-refractivity contribution in [3.8, 4) is 11.4 Å². The number of carbonyl (C=O) groups excluding carboxylic acids is 2. The predicted octanol–water partition coefficient (Wildman–Crippen LogP) is 4.95. The van der Waals surface area contributed by atoms with E-state index in [0.717, 1.165) is 12.0 Å². The lowest BCUT2D eigenvalue weighted by Crippen LogP contribution is -2.54. The van der Waals surface area contributed by atoms with Crippen LogP contribution >= 0.6 is 11.6 Å². The van der Waals surface area contributed by atoms with Gasteiger partial charge in [0.05, 0.1) is 5.02 Å². The first-order valence-electron chi connectivity index (χ1n) is 10.7. The van der Waals surface area contributed by atoms with Crippen LogP contribution in [0.15, 0.2) is 71.3 Å². The van der Waals surface area contributed by atoms with Crippen molar-refractivity contribution in [1.82, 2.24) is 10.1 Å². The van der Waals surface area contributed by atoms with Crippen molar-refractivity contribution in [2.45, 2.75) is 19.9 Å². The highest BCUT2D eigenvalue weighted by molar-refractivity contribution is 6.30. The summed E-state index contributed by atoms with van der Waals surface area (Å²) in [6.07, 6.45) is 7.86. The fraction of sp³-hybridized carbons (Fsp3) is 0.160. The zero-order valence-corrected chi connectivity index (χ0v) is 18.9. The summed E-state index contributed by atoms with van der Waals surface area (Å²) in [7, 11) is 0. The number of anilines is 1. The van der Waals surface area contributed by atoms with E-state index in [9.17, 15) is 14.0 Å². The summed E-state index contributed by atoms with van der Waals surface area (Å²) in [5.74, 6) is -1.25. The second-order valence-corrected chi connectivity index (χ2v) is 8.26. The van der Waals surface area contributed by atoms with Crippen LogP contribution in [-0.4, -0.2) is 32.4 Å². The van der Waals surface area contributed by atoms with Gasteiger partial charge in [-0.15, -0.1) is 4.90 Å². The van der Waals surface area contributed by atoms with E-state index in [2.05, 4.69) is 10.1 Å². The van der Waals surface area contributed by atoms with Crippen LogP contribution in [-0.2, 0) is 17.8 Å². The van der Waals surface area contributed by atoms with Crippen molar-refractivity contribution in [3.05, 3.63) is 89.1 Å². The van der Waals surface area contributed by atoms with Gasteiger partial charge >= 0.3 is 11.9 Å². The molecule has 0 saturated carbocycles. The molecular weight excluding hydrogens is 459 g/mol. The number of hydrogen-bond donors (Lipinski definition) is 0. The highest BCUT2D eigenvalue weighted by atomic mass is 35.5. The van der Waals surface area contributed by atoms with Crippen LogP contribution in [0, 0.1) is 11.7 Å². The Bertz CT molecular complexity index is 1390. The molecule has 7 nitrogen and oxygen atoms in total. The van der Waals surface area contributed by atoms with E-state index in [1.807, 2.05) is 19.1 Å². The first kappa shape index (κ1) is 21.9. The summed E-state index contributed by atoms with van der Waals surface area (Å²) in [5, 5.41) is 3.90. The number of hydrogen-bond acceptors (Lipinski definition) is 5. The zero-order chi connectivity index (χ0) is 23.8. The number of benzene rings is 2. The highest BCUT2D eigenvalue weighted by Gasteiger charge is 2.48. The number of rotatable bonds is 5. The molecule has 170 valence electrons. The van der Waals surface area contributed by atoms with Crippen LogP contribution in [0.2, 0.25) is 5.02 Å². The number of halogens is 2. The van der Waals surface area contributed by atoms with Crippen LogP contribution < -0.4 is 4.90 Å². The molecule has 0 radical (unpaired) electrons. The SMILES string of the molecule is CCc1ccc(N2C(=O)C3C=CC=CC3=[N+](Cc3nc(-c4ccc(Cl)c(F)c4)no3)C2=O)cc1. The minimum Gasteiger partial charge on any atom is -0.335 e. The predicted molar refractivity (Wildman–Crippen MR) is 124 cm³/mol. The van der Waals surface area contributed by atoms with Gasteiger partial charge in [-0.1, -0.05) is 54.0 Å². The number of allylic oxidation sites excluding steroid dienone is 3. The Hall–Kier alpha value is -3.91. The number of amides is 3. The van der Waals surface area contributed by atoms with E-state index < -0.39 is 17.8 Å². The summed E-state index contributed by atoms with van der Waals surface area (Å²) in [6.45, 7) is 1.98. The van der Waals surface area contributed by atoms with Crippen molar-refractivity contribution < 1.29 is 23.1 Å².